The summed E-state index contributed by atoms with van der Waals surface area (Å²) < 4.78 is 5.38. The molecule has 5 nitrogen and oxygen atoms in total. The SMILES string of the molecule is CCOc1ncnc(NCC2(C)CCCCC2)c1N. The summed E-state index contributed by atoms with van der Waals surface area (Å²) in [6.45, 7) is 5.70. The van der Waals surface area contributed by atoms with Crippen molar-refractivity contribution in [2.24, 2.45) is 5.41 Å². The second-order valence-electron chi connectivity index (χ2n) is 5.60. The summed E-state index contributed by atoms with van der Waals surface area (Å²) >= 11 is 0. The molecule has 0 bridgehead atoms. The average molecular weight is 264 g/mol. The van der Waals surface area contributed by atoms with Crippen LogP contribution in [0, 0.1) is 5.41 Å². The van der Waals surface area contributed by atoms with Crippen LogP contribution in [0.1, 0.15) is 46.0 Å². The van der Waals surface area contributed by atoms with Gasteiger partial charge in [0.2, 0.25) is 5.88 Å². The molecule has 1 aliphatic carbocycles. The van der Waals surface area contributed by atoms with Crippen LogP contribution in [0.25, 0.3) is 0 Å². The number of hydrogen-bond donors (Lipinski definition) is 2. The van der Waals surface area contributed by atoms with Crippen LogP contribution >= 0.6 is 0 Å². The maximum atomic E-state index is 6.02. The van der Waals surface area contributed by atoms with Crippen LogP contribution in [0.15, 0.2) is 6.33 Å². The van der Waals surface area contributed by atoms with Crippen molar-refractivity contribution in [3.05, 3.63) is 6.33 Å². The summed E-state index contributed by atoms with van der Waals surface area (Å²) in [6, 6.07) is 0. The molecule has 106 valence electrons. The molecule has 5 heteroatoms. The predicted octanol–water partition coefficient (Wildman–Crippen LogP) is 2.84. The van der Waals surface area contributed by atoms with Gasteiger partial charge in [0.05, 0.1) is 6.61 Å². The molecule has 2 rings (SSSR count). The molecular formula is C14H24N4O. The molecule has 0 unspecified atom stereocenters. The number of nitrogens with zero attached hydrogens (tertiary/aromatic N) is 2. The van der Waals surface area contributed by atoms with Gasteiger partial charge in [-0.2, -0.15) is 4.98 Å². The molecule has 1 aromatic rings. The van der Waals surface area contributed by atoms with Crippen LogP contribution in [0.3, 0.4) is 0 Å². The predicted molar refractivity (Wildman–Crippen MR) is 77.3 cm³/mol. The zero-order valence-corrected chi connectivity index (χ0v) is 11.9. The smallest absolute Gasteiger partial charge is 0.242 e. The second-order valence-corrected chi connectivity index (χ2v) is 5.60. The molecule has 1 aliphatic rings. The molecule has 0 radical (unpaired) electrons. The fourth-order valence-electron chi connectivity index (χ4n) is 2.65. The minimum absolute atomic E-state index is 0.349. The van der Waals surface area contributed by atoms with Crippen LogP contribution in [0.2, 0.25) is 0 Å². The van der Waals surface area contributed by atoms with E-state index >= 15 is 0 Å². The fraction of sp³-hybridized carbons (Fsp3) is 0.714. The van der Waals surface area contributed by atoms with Crippen LogP contribution in [-0.4, -0.2) is 23.1 Å². The zero-order chi connectivity index (χ0) is 13.7. The van der Waals surface area contributed by atoms with Gasteiger partial charge in [-0.25, -0.2) is 4.98 Å². The minimum Gasteiger partial charge on any atom is -0.476 e. The molecule has 1 saturated carbocycles. The zero-order valence-electron chi connectivity index (χ0n) is 11.9. The largest absolute Gasteiger partial charge is 0.476 e. The summed E-state index contributed by atoms with van der Waals surface area (Å²) in [5.74, 6) is 1.15. The van der Waals surface area contributed by atoms with Crippen LogP contribution in [0.5, 0.6) is 5.88 Å². The minimum atomic E-state index is 0.349. The Hall–Kier alpha value is -1.52. The molecule has 1 aromatic heterocycles. The van der Waals surface area contributed by atoms with E-state index in [1.54, 1.807) is 0 Å². The van der Waals surface area contributed by atoms with E-state index in [4.69, 9.17) is 10.5 Å². The molecule has 19 heavy (non-hydrogen) atoms. The Morgan fingerprint density at radius 3 is 2.74 bits per heavy atom. The number of nitrogens with two attached hydrogens (primary N) is 1. The van der Waals surface area contributed by atoms with Crippen molar-refractivity contribution in [3.8, 4) is 5.88 Å². The normalized spacial score (nSPS) is 18.0. The van der Waals surface area contributed by atoms with Crippen molar-refractivity contribution in [2.45, 2.75) is 46.0 Å². The summed E-state index contributed by atoms with van der Waals surface area (Å²) in [6.07, 6.45) is 8.03. The molecule has 0 amide bonds. The highest BCUT2D eigenvalue weighted by molar-refractivity contribution is 5.66. The molecule has 1 fully saturated rings. The maximum Gasteiger partial charge on any atom is 0.242 e. The molecule has 0 saturated heterocycles. The maximum absolute atomic E-state index is 6.02. The van der Waals surface area contributed by atoms with E-state index in [1.807, 2.05) is 6.92 Å². The van der Waals surface area contributed by atoms with Crippen LogP contribution in [-0.2, 0) is 0 Å². The molecule has 0 spiro atoms. The van der Waals surface area contributed by atoms with Crippen molar-refractivity contribution in [1.82, 2.24) is 9.97 Å². The van der Waals surface area contributed by atoms with Gasteiger partial charge in [0.1, 0.15) is 12.0 Å². The first-order valence-corrected chi connectivity index (χ1v) is 7.12. The third kappa shape index (κ3) is 3.49. The van der Waals surface area contributed by atoms with Gasteiger partial charge in [0.25, 0.3) is 0 Å². The van der Waals surface area contributed by atoms with Crippen molar-refractivity contribution in [1.29, 1.82) is 0 Å². The Kier molecular flexibility index (Phi) is 4.45. The highest BCUT2D eigenvalue weighted by Gasteiger charge is 2.26. The van der Waals surface area contributed by atoms with Gasteiger partial charge in [-0.1, -0.05) is 26.2 Å². The second kappa shape index (κ2) is 6.08. The first-order chi connectivity index (χ1) is 9.14. The number of rotatable bonds is 5. The molecule has 1 heterocycles. The van der Waals surface area contributed by atoms with Gasteiger partial charge in [-0.3, -0.25) is 0 Å². The number of nitrogens with one attached hydrogen (secondary N) is 1. The van der Waals surface area contributed by atoms with Gasteiger partial charge in [0, 0.05) is 6.54 Å². The highest BCUT2D eigenvalue weighted by Crippen LogP contribution is 2.36. The van der Waals surface area contributed by atoms with Crippen molar-refractivity contribution >= 4 is 11.5 Å². The van der Waals surface area contributed by atoms with E-state index in [0.717, 1.165) is 6.54 Å². The highest BCUT2D eigenvalue weighted by atomic mass is 16.5. The Bertz CT molecular complexity index is 416. The lowest BCUT2D eigenvalue weighted by atomic mass is 9.76. The van der Waals surface area contributed by atoms with Crippen molar-refractivity contribution in [2.75, 3.05) is 24.2 Å². The Labute approximate surface area is 115 Å². The van der Waals surface area contributed by atoms with Gasteiger partial charge in [0.15, 0.2) is 5.82 Å². The quantitative estimate of drug-likeness (QED) is 0.855. The standard InChI is InChI=1S/C14H24N4O/c1-3-19-13-11(15)12(17-10-18-13)16-9-14(2)7-5-4-6-8-14/h10H,3-9,15H2,1-2H3,(H,16,17,18). The van der Waals surface area contributed by atoms with E-state index in [0.29, 0.717) is 29.4 Å². The Morgan fingerprint density at radius 1 is 1.32 bits per heavy atom. The van der Waals surface area contributed by atoms with Crippen molar-refractivity contribution < 1.29 is 4.74 Å². The fourth-order valence-corrected chi connectivity index (χ4v) is 2.65. The van der Waals surface area contributed by atoms with E-state index in [1.165, 1.54) is 38.4 Å². The summed E-state index contributed by atoms with van der Waals surface area (Å²) in [4.78, 5) is 8.25. The van der Waals surface area contributed by atoms with Crippen molar-refractivity contribution in [3.63, 3.8) is 0 Å². The number of nitrogen functional groups attached to an aromatic ring is 1. The lowest BCUT2D eigenvalue weighted by Crippen LogP contribution is -2.29. The topological polar surface area (TPSA) is 73.1 Å². The number of hydrogen-bond acceptors (Lipinski definition) is 5. The van der Waals surface area contributed by atoms with Gasteiger partial charge in [-0.15, -0.1) is 0 Å². The molecule has 0 aromatic carbocycles. The monoisotopic (exact) mass is 264 g/mol. The Balaban J connectivity index is 2.00. The number of aromatic nitrogens is 2. The third-order valence-electron chi connectivity index (χ3n) is 3.87. The van der Waals surface area contributed by atoms with E-state index in [2.05, 4.69) is 22.2 Å². The van der Waals surface area contributed by atoms with Gasteiger partial charge < -0.3 is 15.8 Å². The number of ether oxygens (including phenoxy) is 1. The van der Waals surface area contributed by atoms with Crippen LogP contribution in [0.4, 0.5) is 11.5 Å². The third-order valence-corrected chi connectivity index (χ3v) is 3.87. The molecule has 3 N–H and O–H groups in total. The lowest BCUT2D eigenvalue weighted by Gasteiger charge is -2.33. The van der Waals surface area contributed by atoms with Crippen LogP contribution < -0.4 is 15.8 Å². The molecular weight excluding hydrogens is 240 g/mol. The number of anilines is 2. The molecule has 0 atom stereocenters. The first kappa shape index (κ1) is 13.9. The average Bonchev–Trinajstić information content (AvgIpc) is 2.41. The van der Waals surface area contributed by atoms with Gasteiger partial charge >= 0.3 is 0 Å². The summed E-state index contributed by atoms with van der Waals surface area (Å²) in [7, 11) is 0. The van der Waals surface area contributed by atoms with E-state index in [9.17, 15) is 0 Å². The first-order valence-electron chi connectivity index (χ1n) is 7.12. The molecule has 0 aliphatic heterocycles. The van der Waals surface area contributed by atoms with E-state index < -0.39 is 0 Å². The lowest BCUT2D eigenvalue weighted by molar-refractivity contribution is 0.233. The summed E-state index contributed by atoms with van der Waals surface area (Å²) in [5.41, 5.74) is 6.87. The van der Waals surface area contributed by atoms with E-state index in [-0.39, 0.29) is 0 Å². The Morgan fingerprint density at radius 2 is 2.05 bits per heavy atom. The van der Waals surface area contributed by atoms with Gasteiger partial charge in [-0.05, 0) is 25.2 Å². The summed E-state index contributed by atoms with van der Waals surface area (Å²) in [5, 5.41) is 3.37.